The maximum Gasteiger partial charge on any atom is 0.266 e. The molecule has 39 heavy (non-hydrogen) atoms. The number of para-hydroxylation sites is 1. The molecule has 0 aliphatic carbocycles. The van der Waals surface area contributed by atoms with Crippen LogP contribution in [0.25, 0.3) is 16.6 Å². The third kappa shape index (κ3) is 8.52. The lowest BCUT2D eigenvalue weighted by Crippen LogP contribution is -2.39. The SMILES string of the molecule is CCCCCCCCCCCC(=O)N(CCCC)C(CC)c1nc2ccccc2c(=O)n1-c1ccc(C)cc1. The zero-order valence-corrected chi connectivity index (χ0v) is 24.8. The van der Waals surface area contributed by atoms with E-state index in [4.69, 9.17) is 4.98 Å². The number of hydrogen-bond donors (Lipinski definition) is 0. The maximum atomic E-state index is 13.8. The summed E-state index contributed by atoms with van der Waals surface area (Å²) < 4.78 is 1.74. The number of amides is 1. The van der Waals surface area contributed by atoms with Gasteiger partial charge in [0.1, 0.15) is 5.82 Å². The Morgan fingerprint density at radius 2 is 1.44 bits per heavy atom. The van der Waals surface area contributed by atoms with Gasteiger partial charge in [-0.1, -0.05) is 108 Å². The van der Waals surface area contributed by atoms with Crippen LogP contribution in [0.15, 0.2) is 53.3 Å². The maximum absolute atomic E-state index is 13.8. The van der Waals surface area contributed by atoms with Gasteiger partial charge in [-0.2, -0.15) is 0 Å². The standard InChI is InChI=1S/C34H49N3O2/c1-5-8-10-11-12-13-14-15-16-21-32(38)36(26-9-6-2)31(7-3)33-35-30-20-18-17-19-29(30)34(39)37(33)28-24-22-27(4)23-25-28/h17-20,22-25,31H,5-16,21,26H2,1-4H3. The Morgan fingerprint density at radius 3 is 2.08 bits per heavy atom. The molecule has 0 spiro atoms. The van der Waals surface area contributed by atoms with Crippen molar-refractivity contribution in [1.29, 1.82) is 0 Å². The van der Waals surface area contributed by atoms with Crippen molar-refractivity contribution in [2.24, 2.45) is 0 Å². The molecule has 3 aromatic rings. The quantitative estimate of drug-likeness (QED) is 0.164. The van der Waals surface area contributed by atoms with Gasteiger partial charge < -0.3 is 4.90 Å². The largest absolute Gasteiger partial charge is 0.333 e. The van der Waals surface area contributed by atoms with Crippen LogP contribution in [-0.4, -0.2) is 26.9 Å². The van der Waals surface area contributed by atoms with Crippen LogP contribution in [0.2, 0.25) is 0 Å². The summed E-state index contributed by atoms with van der Waals surface area (Å²) in [5.41, 5.74) is 2.52. The molecule has 1 heterocycles. The first-order chi connectivity index (χ1) is 19.0. The van der Waals surface area contributed by atoms with Gasteiger partial charge in [0.25, 0.3) is 5.56 Å². The summed E-state index contributed by atoms with van der Waals surface area (Å²) in [7, 11) is 0. The van der Waals surface area contributed by atoms with Crippen LogP contribution in [0.1, 0.15) is 122 Å². The zero-order valence-electron chi connectivity index (χ0n) is 24.8. The molecule has 0 saturated heterocycles. The first-order valence-electron chi connectivity index (χ1n) is 15.4. The molecule has 212 valence electrons. The van der Waals surface area contributed by atoms with Crippen LogP contribution >= 0.6 is 0 Å². The minimum Gasteiger partial charge on any atom is -0.333 e. The lowest BCUT2D eigenvalue weighted by atomic mass is 10.0. The van der Waals surface area contributed by atoms with Crippen molar-refractivity contribution in [3.8, 4) is 5.69 Å². The van der Waals surface area contributed by atoms with Crippen LogP contribution < -0.4 is 5.56 Å². The summed E-state index contributed by atoms with van der Waals surface area (Å²) in [5, 5.41) is 0.595. The third-order valence-electron chi connectivity index (χ3n) is 7.72. The second kappa shape index (κ2) is 16.2. The molecule has 0 radical (unpaired) electrons. The smallest absolute Gasteiger partial charge is 0.266 e. The van der Waals surface area contributed by atoms with E-state index in [1.54, 1.807) is 4.57 Å². The molecule has 1 aromatic heterocycles. The van der Waals surface area contributed by atoms with Crippen molar-refractivity contribution in [1.82, 2.24) is 14.5 Å². The fourth-order valence-electron chi connectivity index (χ4n) is 5.37. The summed E-state index contributed by atoms with van der Waals surface area (Å²) >= 11 is 0. The Labute approximate surface area is 235 Å². The Kier molecular flexibility index (Phi) is 12.7. The molecule has 0 bridgehead atoms. The van der Waals surface area contributed by atoms with Gasteiger partial charge in [-0.3, -0.25) is 14.2 Å². The zero-order chi connectivity index (χ0) is 28.0. The van der Waals surface area contributed by atoms with E-state index >= 15 is 0 Å². The Balaban J connectivity index is 1.85. The first kappa shape index (κ1) is 30.6. The fraction of sp³-hybridized carbons (Fsp3) is 0.559. The summed E-state index contributed by atoms with van der Waals surface area (Å²) in [6.07, 6.45) is 14.3. The number of fused-ring (bicyclic) bond motifs is 1. The molecule has 3 rings (SSSR count). The predicted molar refractivity (Wildman–Crippen MR) is 164 cm³/mol. The van der Waals surface area contributed by atoms with Gasteiger partial charge in [0.15, 0.2) is 0 Å². The van der Waals surface area contributed by atoms with Gasteiger partial charge in [0, 0.05) is 13.0 Å². The highest BCUT2D eigenvalue weighted by Gasteiger charge is 2.28. The van der Waals surface area contributed by atoms with Crippen LogP contribution in [0, 0.1) is 6.92 Å². The number of carbonyl (C=O) groups is 1. The third-order valence-corrected chi connectivity index (χ3v) is 7.72. The molecule has 1 atom stereocenters. The van der Waals surface area contributed by atoms with Crippen molar-refractivity contribution in [3.05, 3.63) is 70.3 Å². The highest BCUT2D eigenvalue weighted by atomic mass is 16.2. The second-order valence-corrected chi connectivity index (χ2v) is 10.9. The van der Waals surface area contributed by atoms with Crippen LogP contribution in [0.4, 0.5) is 0 Å². The van der Waals surface area contributed by atoms with Crippen molar-refractivity contribution in [2.75, 3.05) is 6.54 Å². The van der Waals surface area contributed by atoms with E-state index in [0.717, 1.165) is 36.9 Å². The van der Waals surface area contributed by atoms with Crippen LogP contribution in [-0.2, 0) is 4.79 Å². The minimum absolute atomic E-state index is 0.0836. The second-order valence-electron chi connectivity index (χ2n) is 10.9. The number of aryl methyl sites for hydroxylation is 1. The Morgan fingerprint density at radius 1 is 0.821 bits per heavy atom. The summed E-state index contributed by atoms with van der Waals surface area (Å²) in [6, 6.07) is 15.3. The van der Waals surface area contributed by atoms with Gasteiger partial charge in [-0.05, 0) is 50.5 Å². The van der Waals surface area contributed by atoms with E-state index in [1.807, 2.05) is 60.4 Å². The molecule has 1 unspecified atom stereocenters. The van der Waals surface area contributed by atoms with Gasteiger partial charge in [-0.15, -0.1) is 0 Å². The number of nitrogens with zero attached hydrogens (tertiary/aromatic N) is 3. The molecular weight excluding hydrogens is 482 g/mol. The fourth-order valence-corrected chi connectivity index (χ4v) is 5.37. The number of benzene rings is 2. The van der Waals surface area contributed by atoms with E-state index in [-0.39, 0.29) is 17.5 Å². The van der Waals surface area contributed by atoms with Gasteiger partial charge in [0.05, 0.1) is 22.6 Å². The van der Waals surface area contributed by atoms with E-state index in [1.165, 1.54) is 44.9 Å². The highest BCUT2D eigenvalue weighted by Crippen LogP contribution is 2.27. The minimum atomic E-state index is -0.263. The van der Waals surface area contributed by atoms with Crippen molar-refractivity contribution in [3.63, 3.8) is 0 Å². The Hall–Kier alpha value is -2.95. The molecule has 0 aliphatic rings. The van der Waals surface area contributed by atoms with Crippen molar-refractivity contribution in [2.45, 2.75) is 117 Å². The summed E-state index contributed by atoms with van der Waals surface area (Å²) in [6.45, 7) is 9.22. The van der Waals surface area contributed by atoms with Gasteiger partial charge in [-0.25, -0.2) is 4.98 Å². The summed E-state index contributed by atoms with van der Waals surface area (Å²) in [4.78, 5) is 34.6. The lowest BCUT2D eigenvalue weighted by Gasteiger charge is -2.32. The molecule has 0 saturated carbocycles. The van der Waals surface area contributed by atoms with Crippen LogP contribution in [0.5, 0.6) is 0 Å². The number of rotatable bonds is 17. The van der Waals surface area contributed by atoms with Crippen molar-refractivity contribution < 1.29 is 4.79 Å². The molecule has 0 aliphatic heterocycles. The lowest BCUT2D eigenvalue weighted by molar-refractivity contribution is -0.134. The molecular formula is C34H49N3O2. The average molecular weight is 532 g/mol. The topological polar surface area (TPSA) is 55.2 Å². The van der Waals surface area contributed by atoms with E-state index in [2.05, 4.69) is 20.8 Å². The number of unbranched alkanes of at least 4 members (excludes halogenated alkanes) is 9. The van der Waals surface area contributed by atoms with Crippen LogP contribution in [0.3, 0.4) is 0 Å². The number of carbonyl (C=O) groups excluding carboxylic acids is 1. The average Bonchev–Trinajstić information content (AvgIpc) is 2.95. The molecule has 5 nitrogen and oxygen atoms in total. The van der Waals surface area contributed by atoms with Crippen molar-refractivity contribution >= 4 is 16.8 Å². The van der Waals surface area contributed by atoms with E-state index in [0.29, 0.717) is 36.1 Å². The first-order valence-corrected chi connectivity index (χ1v) is 15.4. The monoisotopic (exact) mass is 531 g/mol. The van der Waals surface area contributed by atoms with E-state index < -0.39 is 0 Å². The predicted octanol–water partition coefficient (Wildman–Crippen LogP) is 8.69. The molecule has 0 fully saturated rings. The number of aromatic nitrogens is 2. The molecule has 0 N–H and O–H groups in total. The Bertz CT molecular complexity index is 1220. The molecule has 5 heteroatoms. The normalized spacial score (nSPS) is 12.1. The van der Waals surface area contributed by atoms with Gasteiger partial charge >= 0.3 is 0 Å². The van der Waals surface area contributed by atoms with Gasteiger partial charge in [0.2, 0.25) is 5.91 Å². The highest BCUT2D eigenvalue weighted by molar-refractivity contribution is 5.79. The molecule has 2 aromatic carbocycles. The number of hydrogen-bond acceptors (Lipinski definition) is 3. The summed E-state index contributed by atoms with van der Waals surface area (Å²) in [5.74, 6) is 0.831. The van der Waals surface area contributed by atoms with E-state index in [9.17, 15) is 9.59 Å². The molecule has 1 amide bonds.